The molecule has 0 aliphatic heterocycles. The van der Waals surface area contributed by atoms with E-state index in [1.54, 1.807) is 0 Å². The molecule has 0 aliphatic carbocycles. The largest absolute Gasteiger partial charge is 0.458 e. The van der Waals surface area contributed by atoms with Crippen molar-refractivity contribution < 1.29 is 4.42 Å². The van der Waals surface area contributed by atoms with Gasteiger partial charge in [-0.2, -0.15) is 5.10 Å². The van der Waals surface area contributed by atoms with Crippen molar-refractivity contribution in [1.29, 1.82) is 0 Å². The summed E-state index contributed by atoms with van der Waals surface area (Å²) in [6.07, 6.45) is 9.52. The van der Waals surface area contributed by atoms with Crippen LogP contribution in [0.1, 0.15) is 32.1 Å². The molecule has 3 rings (SSSR count). The Morgan fingerprint density at radius 3 is 2.86 bits per heavy atom. The Morgan fingerprint density at radius 1 is 1.24 bits per heavy atom. The van der Waals surface area contributed by atoms with E-state index in [1.807, 2.05) is 47.7 Å². The second-order valence-corrected chi connectivity index (χ2v) is 5.18. The van der Waals surface area contributed by atoms with E-state index in [-0.39, 0.29) is 0 Å². The summed E-state index contributed by atoms with van der Waals surface area (Å²) in [5.74, 6) is 2.72. The molecular weight excluding hydrogens is 264 g/mol. The number of aromatic nitrogens is 4. The van der Waals surface area contributed by atoms with Gasteiger partial charge < -0.3 is 8.98 Å². The lowest BCUT2D eigenvalue weighted by Gasteiger charge is -2.15. The van der Waals surface area contributed by atoms with Gasteiger partial charge >= 0.3 is 0 Å². The first kappa shape index (κ1) is 13.7. The first-order chi connectivity index (χ1) is 10.3. The number of hydrogen-bond acceptors (Lipinski definition) is 3. The third-order valence-electron chi connectivity index (χ3n) is 3.71. The van der Waals surface area contributed by atoms with E-state index < -0.39 is 0 Å². The van der Waals surface area contributed by atoms with Crippen molar-refractivity contribution in [2.75, 3.05) is 0 Å². The smallest absolute Gasteiger partial charge is 0.176 e. The number of aryl methyl sites for hydroxylation is 2. The molecule has 0 radical (unpaired) electrons. The van der Waals surface area contributed by atoms with E-state index in [9.17, 15) is 0 Å². The van der Waals surface area contributed by atoms with Crippen LogP contribution in [0.3, 0.4) is 0 Å². The van der Waals surface area contributed by atoms with E-state index in [2.05, 4.69) is 28.5 Å². The highest BCUT2D eigenvalue weighted by molar-refractivity contribution is 5.48. The maximum Gasteiger partial charge on any atom is 0.176 e. The molecule has 21 heavy (non-hydrogen) atoms. The highest BCUT2D eigenvalue weighted by Crippen LogP contribution is 2.25. The van der Waals surface area contributed by atoms with Gasteiger partial charge in [0.1, 0.15) is 5.76 Å². The Bertz CT molecular complexity index is 681. The molecule has 0 N–H and O–H groups in total. The highest BCUT2D eigenvalue weighted by atomic mass is 16.3. The minimum Gasteiger partial charge on any atom is -0.458 e. The number of hydrogen-bond donors (Lipinski definition) is 0. The molecule has 0 saturated heterocycles. The predicted molar refractivity (Wildman–Crippen MR) is 80.9 cm³/mol. The fourth-order valence-corrected chi connectivity index (χ4v) is 2.44. The maximum atomic E-state index is 5.82. The van der Waals surface area contributed by atoms with Gasteiger partial charge in [-0.1, -0.05) is 6.92 Å². The van der Waals surface area contributed by atoms with Gasteiger partial charge in [0.05, 0.1) is 0 Å². The Labute approximate surface area is 124 Å². The molecule has 5 nitrogen and oxygen atoms in total. The van der Waals surface area contributed by atoms with Crippen molar-refractivity contribution in [2.24, 2.45) is 0 Å². The fourth-order valence-electron chi connectivity index (χ4n) is 2.44. The van der Waals surface area contributed by atoms with Gasteiger partial charge in [0.15, 0.2) is 11.6 Å². The van der Waals surface area contributed by atoms with Crippen LogP contribution in [-0.4, -0.2) is 19.3 Å². The Balaban J connectivity index is 1.74. The summed E-state index contributed by atoms with van der Waals surface area (Å²) < 4.78 is 9.94. The lowest BCUT2D eigenvalue weighted by molar-refractivity contribution is 0.443. The molecule has 0 bridgehead atoms. The van der Waals surface area contributed by atoms with Crippen molar-refractivity contribution in [3.8, 4) is 11.6 Å². The summed E-state index contributed by atoms with van der Waals surface area (Å²) in [4.78, 5) is 4.45. The average molecular weight is 284 g/mol. The molecule has 1 unspecified atom stereocenters. The predicted octanol–water partition coefficient (Wildman–Crippen LogP) is 3.55. The van der Waals surface area contributed by atoms with Crippen LogP contribution in [0.5, 0.6) is 0 Å². The Hall–Kier alpha value is -2.30. The molecule has 0 amide bonds. The minimum atomic E-state index is 0.335. The van der Waals surface area contributed by atoms with Crippen molar-refractivity contribution in [1.82, 2.24) is 19.3 Å². The number of imidazole rings is 1. The zero-order chi connectivity index (χ0) is 14.7. The lowest BCUT2D eigenvalue weighted by atomic mass is 10.2. The second-order valence-electron chi connectivity index (χ2n) is 5.18. The standard InChI is InChI=1S/C16H20N4O/c1-3-14-5-6-15(21-14)16-17-9-12-20(16)13(2)7-11-19-10-4-8-18-19/h4-6,8-10,12-13H,3,7,11H2,1-2H3. The normalized spacial score (nSPS) is 12.7. The van der Waals surface area contributed by atoms with Gasteiger partial charge in [0.25, 0.3) is 0 Å². The van der Waals surface area contributed by atoms with E-state index in [0.29, 0.717) is 6.04 Å². The van der Waals surface area contributed by atoms with Gasteiger partial charge in [-0.05, 0) is 31.5 Å². The highest BCUT2D eigenvalue weighted by Gasteiger charge is 2.14. The van der Waals surface area contributed by atoms with Crippen molar-refractivity contribution in [2.45, 2.75) is 39.3 Å². The molecule has 0 aromatic carbocycles. The molecule has 3 aromatic heterocycles. The second kappa shape index (κ2) is 5.99. The minimum absolute atomic E-state index is 0.335. The van der Waals surface area contributed by atoms with Crippen LogP contribution in [-0.2, 0) is 13.0 Å². The monoisotopic (exact) mass is 284 g/mol. The van der Waals surface area contributed by atoms with E-state index >= 15 is 0 Å². The molecule has 110 valence electrons. The average Bonchev–Trinajstić information content (AvgIpc) is 3.23. The van der Waals surface area contributed by atoms with E-state index in [0.717, 1.165) is 36.7 Å². The number of rotatable bonds is 6. The molecular formula is C16H20N4O. The Kier molecular flexibility index (Phi) is 3.90. The molecule has 5 heteroatoms. The fraction of sp³-hybridized carbons (Fsp3) is 0.375. The van der Waals surface area contributed by atoms with Crippen LogP contribution < -0.4 is 0 Å². The van der Waals surface area contributed by atoms with Gasteiger partial charge in [0.2, 0.25) is 0 Å². The summed E-state index contributed by atoms with van der Waals surface area (Å²) in [6, 6.07) is 6.30. The first-order valence-electron chi connectivity index (χ1n) is 7.37. The van der Waals surface area contributed by atoms with E-state index in [1.165, 1.54) is 0 Å². The SMILES string of the molecule is CCc1ccc(-c2nccn2C(C)CCn2cccn2)o1. The topological polar surface area (TPSA) is 48.8 Å². The van der Waals surface area contributed by atoms with Gasteiger partial charge in [-0.15, -0.1) is 0 Å². The molecule has 0 aliphatic rings. The quantitative estimate of drug-likeness (QED) is 0.695. The van der Waals surface area contributed by atoms with E-state index in [4.69, 9.17) is 4.42 Å². The van der Waals surface area contributed by atoms with Crippen LogP contribution in [0.15, 0.2) is 47.4 Å². The zero-order valence-electron chi connectivity index (χ0n) is 12.4. The van der Waals surface area contributed by atoms with Gasteiger partial charge in [-0.25, -0.2) is 4.98 Å². The molecule has 0 spiro atoms. The third-order valence-corrected chi connectivity index (χ3v) is 3.71. The molecule has 0 saturated carbocycles. The number of nitrogens with zero attached hydrogens (tertiary/aromatic N) is 4. The molecule has 3 aromatic rings. The number of furan rings is 1. The van der Waals surface area contributed by atoms with Gasteiger partial charge in [0, 0.05) is 43.8 Å². The molecule has 1 atom stereocenters. The summed E-state index contributed by atoms with van der Waals surface area (Å²) in [5.41, 5.74) is 0. The molecule has 3 heterocycles. The molecule has 0 fully saturated rings. The van der Waals surface area contributed by atoms with Crippen molar-refractivity contribution in [3.63, 3.8) is 0 Å². The summed E-state index contributed by atoms with van der Waals surface area (Å²) in [7, 11) is 0. The zero-order valence-corrected chi connectivity index (χ0v) is 12.4. The third kappa shape index (κ3) is 2.91. The van der Waals surface area contributed by atoms with Crippen molar-refractivity contribution >= 4 is 0 Å². The van der Waals surface area contributed by atoms with Crippen molar-refractivity contribution in [3.05, 3.63) is 48.7 Å². The van der Waals surface area contributed by atoms with Gasteiger partial charge in [-0.3, -0.25) is 4.68 Å². The van der Waals surface area contributed by atoms with Crippen LogP contribution in [0.4, 0.5) is 0 Å². The summed E-state index contributed by atoms with van der Waals surface area (Å²) in [6.45, 7) is 5.17. The van der Waals surface area contributed by atoms with Crippen LogP contribution >= 0.6 is 0 Å². The maximum absolute atomic E-state index is 5.82. The van der Waals surface area contributed by atoms with Crippen LogP contribution in [0, 0.1) is 0 Å². The van der Waals surface area contributed by atoms with Crippen LogP contribution in [0.25, 0.3) is 11.6 Å². The Morgan fingerprint density at radius 2 is 2.14 bits per heavy atom. The summed E-state index contributed by atoms with van der Waals surface area (Å²) >= 11 is 0. The lowest BCUT2D eigenvalue weighted by Crippen LogP contribution is -2.10. The summed E-state index contributed by atoms with van der Waals surface area (Å²) in [5, 5.41) is 4.24. The first-order valence-corrected chi connectivity index (χ1v) is 7.37. The van der Waals surface area contributed by atoms with Crippen LogP contribution in [0.2, 0.25) is 0 Å².